The number of amidine groups is 1. The molecule has 0 spiro atoms. The number of unbranched alkanes of at least 4 members (excludes halogenated alkanes) is 11. The minimum Gasteiger partial charge on any atom is -0.462 e. The molecule has 216 valence electrons. The van der Waals surface area contributed by atoms with Crippen molar-refractivity contribution in [3.63, 3.8) is 0 Å². The Morgan fingerprint density at radius 2 is 1.40 bits per heavy atom. The van der Waals surface area contributed by atoms with Crippen LogP contribution in [-0.4, -0.2) is 30.2 Å². The minimum atomic E-state index is -0.523. The monoisotopic (exact) mass is 587 g/mol. The summed E-state index contributed by atoms with van der Waals surface area (Å²) in [6.45, 7) is 2.57. The van der Waals surface area contributed by atoms with Gasteiger partial charge in [-0.15, -0.1) is 0 Å². The molecule has 2 aromatic carbocycles. The van der Waals surface area contributed by atoms with Gasteiger partial charge in [-0.2, -0.15) is 10.1 Å². The molecule has 2 amide bonds. The van der Waals surface area contributed by atoms with Gasteiger partial charge in [0.25, 0.3) is 11.8 Å². The molecule has 2 aromatic rings. The Labute approximate surface area is 247 Å². The lowest BCUT2D eigenvalue weighted by molar-refractivity contribution is -0.116. The van der Waals surface area contributed by atoms with Crippen molar-refractivity contribution in [3.05, 3.63) is 63.6 Å². The lowest BCUT2D eigenvalue weighted by atomic mass is 10.1. The van der Waals surface area contributed by atoms with Crippen molar-refractivity contribution in [1.82, 2.24) is 5.32 Å². The maximum absolute atomic E-state index is 12.6. The van der Waals surface area contributed by atoms with Crippen molar-refractivity contribution in [2.24, 2.45) is 5.10 Å². The Hall–Kier alpha value is -2.90. The summed E-state index contributed by atoms with van der Waals surface area (Å²) in [6, 6.07) is 11.4. The highest BCUT2D eigenvalue weighted by Gasteiger charge is 2.30. The molecule has 0 saturated heterocycles. The first-order valence-electron chi connectivity index (χ1n) is 14.3. The molecule has 0 unspecified atom stereocenters. The number of hydrogen-bond acceptors (Lipinski definition) is 5. The molecule has 1 aliphatic rings. The molecule has 0 saturated carbocycles. The van der Waals surface area contributed by atoms with Crippen LogP contribution in [0.2, 0.25) is 10.0 Å². The maximum Gasteiger partial charge on any atom is 0.338 e. The zero-order chi connectivity index (χ0) is 28.7. The number of benzene rings is 2. The van der Waals surface area contributed by atoms with Crippen LogP contribution in [0.25, 0.3) is 0 Å². The first-order chi connectivity index (χ1) is 19.4. The summed E-state index contributed by atoms with van der Waals surface area (Å²) in [7, 11) is 0. The van der Waals surface area contributed by atoms with Gasteiger partial charge in [0.1, 0.15) is 11.5 Å². The number of ether oxygens (including phenoxy) is 1. The fraction of sp³-hybridized carbons (Fsp3) is 0.484. The molecular weight excluding hydrogens is 549 g/mol. The van der Waals surface area contributed by atoms with E-state index >= 15 is 0 Å². The van der Waals surface area contributed by atoms with Crippen molar-refractivity contribution in [2.75, 3.05) is 11.6 Å². The Kier molecular flexibility index (Phi) is 13.5. The lowest BCUT2D eigenvalue weighted by Crippen LogP contribution is -2.29. The van der Waals surface area contributed by atoms with Gasteiger partial charge in [0, 0.05) is 5.56 Å². The minimum absolute atomic E-state index is 0.0811. The van der Waals surface area contributed by atoms with E-state index in [-0.39, 0.29) is 39.5 Å². The Bertz CT molecular complexity index is 1150. The predicted octanol–water partition coefficient (Wildman–Crippen LogP) is 8.33. The number of hydrogen-bond donors (Lipinski definition) is 1. The Balaban J connectivity index is 1.41. The third-order valence-corrected chi connectivity index (χ3v) is 7.34. The van der Waals surface area contributed by atoms with Gasteiger partial charge in [0.2, 0.25) is 0 Å². The molecule has 1 heterocycles. The summed E-state index contributed by atoms with van der Waals surface area (Å²) < 4.78 is 5.41. The standard InChI is InChI=1S/C31H39Cl2N3O4/c1-2-3-4-5-6-7-8-9-10-11-12-16-19-40-31(39)24-20-25(32)29(26(33)21-24)36-28(37)22-27(35-36)34-30(38)23-17-14-13-15-18-23/h13-15,17-18,20-21H,2-12,16,19,22H2,1H3,(H,34,35,38). The molecule has 9 heteroatoms. The maximum atomic E-state index is 12.6. The van der Waals surface area contributed by atoms with Crippen LogP contribution in [-0.2, 0) is 9.53 Å². The summed E-state index contributed by atoms with van der Waals surface area (Å²) in [4.78, 5) is 37.6. The topological polar surface area (TPSA) is 88.1 Å². The number of carbonyl (C=O) groups is 3. The predicted molar refractivity (Wildman–Crippen MR) is 161 cm³/mol. The molecule has 1 aliphatic heterocycles. The number of hydrazone groups is 1. The lowest BCUT2D eigenvalue weighted by Gasteiger charge is -2.16. The summed E-state index contributed by atoms with van der Waals surface area (Å²) in [5, 5.41) is 8.05. The largest absolute Gasteiger partial charge is 0.462 e. The number of halogens is 2. The van der Waals surface area contributed by atoms with E-state index in [0.29, 0.717) is 12.2 Å². The Morgan fingerprint density at radius 3 is 1.98 bits per heavy atom. The molecule has 7 nitrogen and oxygen atoms in total. The number of nitrogens with zero attached hydrogens (tertiary/aromatic N) is 2. The number of amides is 2. The number of rotatable bonds is 16. The molecular formula is C31H39Cl2N3O4. The highest BCUT2D eigenvalue weighted by Crippen LogP contribution is 2.37. The second-order valence-electron chi connectivity index (χ2n) is 10.1. The summed E-state index contributed by atoms with van der Waals surface area (Å²) in [6.07, 6.45) is 14.7. The SMILES string of the molecule is CCCCCCCCCCCCCCOC(=O)c1cc(Cl)c(N2N=C(NC(=O)c3ccccc3)CC2=O)c(Cl)c1. The van der Waals surface area contributed by atoms with Gasteiger partial charge in [-0.3, -0.25) is 9.59 Å². The molecule has 0 aliphatic carbocycles. The second-order valence-corrected chi connectivity index (χ2v) is 10.9. The highest BCUT2D eigenvalue weighted by molar-refractivity contribution is 6.41. The van der Waals surface area contributed by atoms with Gasteiger partial charge < -0.3 is 10.1 Å². The second kappa shape index (κ2) is 17.0. The van der Waals surface area contributed by atoms with Crippen LogP contribution in [0.15, 0.2) is 47.6 Å². The van der Waals surface area contributed by atoms with E-state index < -0.39 is 11.9 Å². The van der Waals surface area contributed by atoms with E-state index in [1.165, 1.54) is 69.9 Å². The average Bonchev–Trinajstić information content (AvgIpc) is 3.30. The smallest absolute Gasteiger partial charge is 0.338 e. The molecule has 0 fully saturated rings. The first kappa shape index (κ1) is 31.6. The summed E-state index contributed by atoms with van der Waals surface area (Å²) in [5.74, 6) is -1.13. The van der Waals surface area contributed by atoms with Crippen molar-refractivity contribution < 1.29 is 19.1 Å². The molecule has 0 bridgehead atoms. The number of carbonyl (C=O) groups excluding carboxylic acids is 3. The quantitative estimate of drug-likeness (QED) is 0.158. The molecule has 40 heavy (non-hydrogen) atoms. The van der Waals surface area contributed by atoms with E-state index in [2.05, 4.69) is 17.3 Å². The van der Waals surface area contributed by atoms with Gasteiger partial charge in [-0.25, -0.2) is 4.79 Å². The van der Waals surface area contributed by atoms with Crippen molar-refractivity contribution in [2.45, 2.75) is 90.4 Å². The van der Waals surface area contributed by atoms with E-state index in [9.17, 15) is 14.4 Å². The molecule has 0 aromatic heterocycles. The van der Waals surface area contributed by atoms with Crippen LogP contribution in [0.5, 0.6) is 0 Å². The van der Waals surface area contributed by atoms with Gasteiger partial charge in [-0.1, -0.05) is 119 Å². The van der Waals surface area contributed by atoms with Gasteiger partial charge >= 0.3 is 5.97 Å². The highest BCUT2D eigenvalue weighted by atomic mass is 35.5. The number of nitrogens with one attached hydrogen (secondary N) is 1. The normalized spacial score (nSPS) is 12.9. The zero-order valence-electron chi connectivity index (χ0n) is 23.2. The number of esters is 1. The molecule has 3 rings (SSSR count). The van der Waals surface area contributed by atoms with Gasteiger partial charge in [-0.05, 0) is 30.7 Å². The van der Waals surface area contributed by atoms with E-state index in [1.807, 2.05) is 0 Å². The van der Waals surface area contributed by atoms with Gasteiger partial charge in [0.05, 0.1) is 28.6 Å². The average molecular weight is 589 g/mol. The van der Waals surface area contributed by atoms with E-state index in [1.54, 1.807) is 30.3 Å². The zero-order valence-corrected chi connectivity index (χ0v) is 24.7. The van der Waals surface area contributed by atoms with Crippen molar-refractivity contribution in [1.29, 1.82) is 0 Å². The first-order valence-corrected chi connectivity index (χ1v) is 15.1. The van der Waals surface area contributed by atoms with Crippen LogP contribution in [0.1, 0.15) is 111 Å². The van der Waals surface area contributed by atoms with Crippen LogP contribution in [0.3, 0.4) is 0 Å². The molecule has 1 N–H and O–H groups in total. The molecule has 0 radical (unpaired) electrons. The van der Waals surface area contributed by atoms with Gasteiger partial charge in [0.15, 0.2) is 0 Å². The summed E-state index contributed by atoms with van der Waals surface area (Å²) >= 11 is 12.8. The summed E-state index contributed by atoms with van der Waals surface area (Å²) in [5.41, 5.74) is 0.791. The van der Waals surface area contributed by atoms with Crippen molar-refractivity contribution in [3.8, 4) is 0 Å². The fourth-order valence-corrected chi connectivity index (χ4v) is 5.19. The third kappa shape index (κ3) is 9.93. The van der Waals surface area contributed by atoms with Crippen LogP contribution >= 0.6 is 23.2 Å². The van der Waals surface area contributed by atoms with Crippen LogP contribution in [0.4, 0.5) is 5.69 Å². The molecule has 0 atom stereocenters. The fourth-order valence-electron chi connectivity index (χ4n) is 4.54. The van der Waals surface area contributed by atoms with E-state index in [0.717, 1.165) is 24.3 Å². The number of anilines is 1. The Morgan fingerprint density at radius 1 is 0.850 bits per heavy atom. The third-order valence-electron chi connectivity index (χ3n) is 6.76. The van der Waals surface area contributed by atoms with Crippen molar-refractivity contribution >= 4 is 52.5 Å². The van der Waals surface area contributed by atoms with Crippen LogP contribution in [0, 0.1) is 0 Å². The van der Waals surface area contributed by atoms with E-state index in [4.69, 9.17) is 27.9 Å². The van der Waals surface area contributed by atoms with Crippen LogP contribution < -0.4 is 10.3 Å².